The van der Waals surface area contributed by atoms with E-state index in [0.29, 0.717) is 18.0 Å². The first-order valence-corrected chi connectivity index (χ1v) is 7.24. The number of amides is 1. The van der Waals surface area contributed by atoms with Crippen molar-refractivity contribution in [3.8, 4) is 0 Å². The van der Waals surface area contributed by atoms with E-state index in [-0.39, 0.29) is 0 Å². The third-order valence-electron chi connectivity index (χ3n) is 3.71. The van der Waals surface area contributed by atoms with Crippen molar-refractivity contribution in [2.24, 2.45) is 5.73 Å². The van der Waals surface area contributed by atoms with Crippen LogP contribution in [-0.4, -0.2) is 29.4 Å². The molecule has 0 saturated heterocycles. The van der Waals surface area contributed by atoms with Crippen LogP contribution in [0.1, 0.15) is 65.2 Å². The van der Waals surface area contributed by atoms with Crippen LogP contribution >= 0.6 is 0 Å². The number of nitrogens with two attached hydrogens (primary N) is 1. The molecule has 1 aliphatic rings. The van der Waals surface area contributed by atoms with Gasteiger partial charge in [0.05, 0.1) is 0 Å². The lowest BCUT2D eigenvalue weighted by molar-refractivity contribution is -0.134. The maximum absolute atomic E-state index is 12.2. The molecule has 1 aliphatic carbocycles. The van der Waals surface area contributed by atoms with Crippen LogP contribution in [0.2, 0.25) is 0 Å². The fraction of sp³-hybridized carbons (Fsp3) is 0.929. The number of carbonyl (C=O) groups is 1. The van der Waals surface area contributed by atoms with Gasteiger partial charge < -0.3 is 10.6 Å². The Morgan fingerprint density at radius 2 is 1.82 bits per heavy atom. The summed E-state index contributed by atoms with van der Waals surface area (Å²) in [5.74, 6) is 0.356. The minimum atomic E-state index is 0.356. The van der Waals surface area contributed by atoms with Gasteiger partial charge in [-0.15, -0.1) is 0 Å². The molecule has 0 radical (unpaired) electrons. The molecule has 3 heteroatoms. The van der Waals surface area contributed by atoms with Crippen molar-refractivity contribution in [1.29, 1.82) is 0 Å². The maximum Gasteiger partial charge on any atom is 0.222 e. The molecule has 1 amide bonds. The monoisotopic (exact) mass is 240 g/mol. The summed E-state index contributed by atoms with van der Waals surface area (Å²) in [6, 6.07) is 0.819. The van der Waals surface area contributed by atoms with Crippen molar-refractivity contribution < 1.29 is 4.79 Å². The van der Waals surface area contributed by atoms with E-state index in [1.807, 2.05) is 0 Å². The van der Waals surface area contributed by atoms with Gasteiger partial charge in [-0.3, -0.25) is 4.79 Å². The van der Waals surface area contributed by atoms with Crippen molar-refractivity contribution in [1.82, 2.24) is 4.90 Å². The highest BCUT2D eigenvalue weighted by atomic mass is 16.2. The maximum atomic E-state index is 12.2. The minimum absolute atomic E-state index is 0.356. The van der Waals surface area contributed by atoms with E-state index < -0.39 is 0 Å². The fourth-order valence-corrected chi connectivity index (χ4v) is 2.64. The van der Waals surface area contributed by atoms with Crippen LogP contribution in [0.4, 0.5) is 0 Å². The average molecular weight is 240 g/mol. The quantitative estimate of drug-likeness (QED) is 0.776. The zero-order valence-corrected chi connectivity index (χ0v) is 11.5. The number of nitrogens with zero attached hydrogens (tertiary/aromatic N) is 1. The van der Waals surface area contributed by atoms with Gasteiger partial charge in [0, 0.05) is 25.0 Å². The largest absolute Gasteiger partial charge is 0.340 e. The summed E-state index contributed by atoms with van der Waals surface area (Å²) in [7, 11) is 0. The molecular formula is C14H28N2O. The zero-order chi connectivity index (χ0) is 12.7. The summed E-state index contributed by atoms with van der Waals surface area (Å²) in [5.41, 5.74) is 5.92. The third kappa shape index (κ3) is 4.66. The van der Waals surface area contributed by atoms with Gasteiger partial charge in [-0.2, -0.15) is 0 Å². The summed E-state index contributed by atoms with van der Waals surface area (Å²) < 4.78 is 0. The Bertz CT molecular complexity index is 222. The number of carbonyl (C=O) groups excluding carboxylic acids is 1. The second kappa shape index (κ2) is 7.70. The van der Waals surface area contributed by atoms with Gasteiger partial charge in [0.25, 0.3) is 0 Å². The van der Waals surface area contributed by atoms with Gasteiger partial charge >= 0.3 is 0 Å². The average Bonchev–Trinajstić information content (AvgIpc) is 2.34. The molecule has 0 bridgehead atoms. The highest BCUT2D eigenvalue weighted by Gasteiger charge is 2.26. The van der Waals surface area contributed by atoms with Crippen LogP contribution in [0.25, 0.3) is 0 Å². The van der Waals surface area contributed by atoms with Gasteiger partial charge in [0.2, 0.25) is 5.91 Å². The van der Waals surface area contributed by atoms with E-state index in [0.717, 1.165) is 57.9 Å². The molecule has 3 nitrogen and oxygen atoms in total. The van der Waals surface area contributed by atoms with E-state index >= 15 is 0 Å². The molecule has 0 atom stereocenters. The van der Waals surface area contributed by atoms with E-state index in [9.17, 15) is 4.79 Å². The van der Waals surface area contributed by atoms with Crippen LogP contribution < -0.4 is 5.73 Å². The molecule has 0 aliphatic heterocycles. The Hall–Kier alpha value is -0.570. The van der Waals surface area contributed by atoms with E-state index in [4.69, 9.17) is 5.73 Å². The number of hydrogen-bond acceptors (Lipinski definition) is 2. The predicted octanol–water partition coefficient (Wildman–Crippen LogP) is 2.69. The molecule has 1 saturated carbocycles. The summed E-state index contributed by atoms with van der Waals surface area (Å²) in [4.78, 5) is 14.3. The van der Waals surface area contributed by atoms with Gasteiger partial charge in [0.1, 0.15) is 0 Å². The van der Waals surface area contributed by atoms with Gasteiger partial charge in [-0.1, -0.05) is 20.3 Å². The van der Waals surface area contributed by atoms with Crippen LogP contribution in [0.15, 0.2) is 0 Å². The Morgan fingerprint density at radius 3 is 2.35 bits per heavy atom. The molecule has 0 spiro atoms. The fourth-order valence-electron chi connectivity index (χ4n) is 2.64. The molecule has 0 heterocycles. The number of rotatable bonds is 6. The Labute approximate surface area is 106 Å². The topological polar surface area (TPSA) is 46.3 Å². The van der Waals surface area contributed by atoms with Crippen LogP contribution in [-0.2, 0) is 4.79 Å². The second-order valence-corrected chi connectivity index (χ2v) is 5.26. The highest BCUT2D eigenvalue weighted by molar-refractivity contribution is 5.76. The molecule has 17 heavy (non-hydrogen) atoms. The summed E-state index contributed by atoms with van der Waals surface area (Å²) in [6.45, 7) is 5.20. The zero-order valence-electron chi connectivity index (χ0n) is 11.5. The standard InChI is InChI=1S/C14H28N2O/c1-3-5-6-14(17)16(11-4-2)13-9-7-12(15)8-10-13/h12-13H,3-11,15H2,1-2H3. The second-order valence-electron chi connectivity index (χ2n) is 5.26. The predicted molar refractivity (Wildman–Crippen MR) is 71.8 cm³/mol. The molecule has 1 fully saturated rings. The summed E-state index contributed by atoms with van der Waals surface area (Å²) in [6.07, 6.45) is 8.24. The van der Waals surface area contributed by atoms with E-state index in [1.165, 1.54) is 0 Å². The smallest absolute Gasteiger partial charge is 0.222 e. The van der Waals surface area contributed by atoms with Crippen molar-refractivity contribution in [2.75, 3.05) is 6.54 Å². The summed E-state index contributed by atoms with van der Waals surface area (Å²) in [5, 5.41) is 0. The van der Waals surface area contributed by atoms with Crippen molar-refractivity contribution >= 4 is 5.91 Å². The Kier molecular flexibility index (Phi) is 6.56. The molecule has 0 aromatic carbocycles. The van der Waals surface area contributed by atoms with Crippen molar-refractivity contribution in [3.63, 3.8) is 0 Å². The minimum Gasteiger partial charge on any atom is -0.340 e. The molecule has 2 N–H and O–H groups in total. The molecule has 100 valence electrons. The van der Waals surface area contributed by atoms with Gasteiger partial charge in [-0.05, 0) is 38.5 Å². The normalized spacial score (nSPS) is 24.6. The van der Waals surface area contributed by atoms with E-state index in [2.05, 4.69) is 18.7 Å². The van der Waals surface area contributed by atoms with Crippen molar-refractivity contribution in [2.45, 2.75) is 77.3 Å². The van der Waals surface area contributed by atoms with Gasteiger partial charge in [0.15, 0.2) is 0 Å². The Morgan fingerprint density at radius 1 is 1.18 bits per heavy atom. The number of hydrogen-bond donors (Lipinski definition) is 1. The SMILES string of the molecule is CCCCC(=O)N(CCC)C1CCC(N)CC1. The Balaban J connectivity index is 2.49. The van der Waals surface area contributed by atoms with E-state index in [1.54, 1.807) is 0 Å². The molecule has 0 aromatic heterocycles. The molecular weight excluding hydrogens is 212 g/mol. The summed E-state index contributed by atoms with van der Waals surface area (Å²) >= 11 is 0. The highest BCUT2D eigenvalue weighted by Crippen LogP contribution is 2.23. The van der Waals surface area contributed by atoms with Crippen LogP contribution in [0, 0.1) is 0 Å². The molecule has 1 rings (SSSR count). The number of unbranched alkanes of at least 4 members (excludes halogenated alkanes) is 1. The first-order chi connectivity index (χ1) is 8.19. The molecule has 0 unspecified atom stereocenters. The van der Waals surface area contributed by atoms with Crippen LogP contribution in [0.5, 0.6) is 0 Å². The van der Waals surface area contributed by atoms with Crippen LogP contribution in [0.3, 0.4) is 0 Å². The third-order valence-corrected chi connectivity index (χ3v) is 3.71. The first kappa shape index (κ1) is 14.5. The lowest BCUT2D eigenvalue weighted by atomic mass is 9.90. The van der Waals surface area contributed by atoms with Gasteiger partial charge in [-0.25, -0.2) is 0 Å². The first-order valence-electron chi connectivity index (χ1n) is 7.24. The lowest BCUT2D eigenvalue weighted by Crippen LogP contribution is -2.44. The lowest BCUT2D eigenvalue weighted by Gasteiger charge is -2.36. The molecule has 0 aromatic rings. The van der Waals surface area contributed by atoms with Crippen molar-refractivity contribution in [3.05, 3.63) is 0 Å².